The Hall–Kier alpha value is -1.22. The van der Waals surface area contributed by atoms with Crippen molar-refractivity contribution in [1.82, 2.24) is 9.97 Å². The number of H-pyrrole nitrogens is 2. The van der Waals surface area contributed by atoms with Crippen LogP contribution in [0.4, 0.5) is 0 Å². The van der Waals surface area contributed by atoms with E-state index in [4.69, 9.17) is 9.98 Å². The fourth-order valence-corrected chi connectivity index (χ4v) is 8.32. The summed E-state index contributed by atoms with van der Waals surface area (Å²) in [4.78, 5) is 16.9. The zero-order valence-corrected chi connectivity index (χ0v) is 33.4. The summed E-state index contributed by atoms with van der Waals surface area (Å²) < 4.78 is 1.92. The third kappa shape index (κ3) is 8.01. The minimum atomic E-state index is 0.851. The van der Waals surface area contributed by atoms with Gasteiger partial charge in [-0.2, -0.15) is 0 Å². The second kappa shape index (κ2) is 16.6. The van der Waals surface area contributed by atoms with Crippen molar-refractivity contribution in [2.45, 2.75) is 116 Å². The summed E-state index contributed by atoms with van der Waals surface area (Å²) in [7, 11) is 0. The van der Waals surface area contributed by atoms with Gasteiger partial charge in [0.1, 0.15) is 9.24 Å². The maximum atomic E-state index is 4.77. The minimum absolute atomic E-state index is 0.851. The highest BCUT2D eigenvalue weighted by Gasteiger charge is 2.21. The molecule has 0 fully saturated rings. The number of allylic oxidation sites excluding steroid dienone is 4. The number of hydrogen-bond acceptors (Lipinski definition) is 2. The monoisotopic (exact) mass is 850 g/mol. The van der Waals surface area contributed by atoms with E-state index in [1.165, 1.54) is 106 Å². The molecule has 0 unspecified atom stereocenters. The predicted octanol–water partition coefficient (Wildman–Crippen LogP) is 12.6. The summed E-state index contributed by atoms with van der Waals surface area (Å²) >= 11 is 14.7. The smallest absolute Gasteiger partial charge is 0.110 e. The average Bonchev–Trinajstić information content (AvgIpc) is 3.67. The molecule has 0 aliphatic carbocycles. The van der Waals surface area contributed by atoms with Gasteiger partial charge in [0.25, 0.3) is 0 Å². The molecule has 2 aromatic rings. The van der Waals surface area contributed by atoms with Crippen LogP contribution < -0.4 is 0 Å². The molecule has 2 aromatic heterocycles. The van der Waals surface area contributed by atoms with Gasteiger partial charge in [-0.3, -0.25) is 0 Å². The van der Waals surface area contributed by atoms with Gasteiger partial charge in [0.05, 0.1) is 11.4 Å². The highest BCUT2D eigenvalue weighted by molar-refractivity contribution is 9.18. The van der Waals surface area contributed by atoms with Gasteiger partial charge < -0.3 is 9.97 Å². The first kappa shape index (κ1) is 35.6. The number of unbranched alkanes of at least 4 members (excludes halogenated alkanes) is 5. The molecule has 4 nitrogen and oxygen atoms in total. The quantitative estimate of drug-likeness (QED) is 0.132. The van der Waals surface area contributed by atoms with E-state index in [1.54, 1.807) is 0 Å². The molecule has 0 bridgehead atoms. The Morgan fingerprint density at radius 2 is 0.955 bits per heavy atom. The Kier molecular flexibility index (Phi) is 13.4. The van der Waals surface area contributed by atoms with Crippen molar-refractivity contribution in [2.24, 2.45) is 9.98 Å². The lowest BCUT2D eigenvalue weighted by Crippen LogP contribution is -1.93. The molecule has 44 heavy (non-hydrogen) atoms. The highest BCUT2D eigenvalue weighted by atomic mass is 79.9. The minimum Gasteiger partial charge on any atom is -0.358 e. The van der Waals surface area contributed by atoms with Crippen molar-refractivity contribution in [3.05, 3.63) is 78.7 Å². The predicted molar refractivity (Wildman–Crippen MR) is 206 cm³/mol. The van der Waals surface area contributed by atoms with Gasteiger partial charge in [-0.15, -0.1) is 0 Å². The lowest BCUT2D eigenvalue weighted by Gasteiger charge is -2.06. The summed E-state index contributed by atoms with van der Waals surface area (Å²) in [5.41, 5.74) is 18.0. The normalized spacial score (nSPS) is 17.2. The third-order valence-electron chi connectivity index (χ3n) is 9.23. The van der Waals surface area contributed by atoms with Crippen LogP contribution in [0.3, 0.4) is 0 Å². The number of rotatable bonds is 15. The van der Waals surface area contributed by atoms with Crippen molar-refractivity contribution in [3.63, 3.8) is 0 Å². The molecule has 2 aliphatic heterocycles. The first-order chi connectivity index (χ1) is 21.1. The van der Waals surface area contributed by atoms with Gasteiger partial charge in [0.2, 0.25) is 0 Å². The fourth-order valence-electron chi connectivity index (χ4n) is 6.50. The Bertz CT molecular complexity index is 1440. The number of alkyl halides is 2. The van der Waals surface area contributed by atoms with E-state index in [9.17, 15) is 0 Å². The van der Waals surface area contributed by atoms with Crippen LogP contribution in [-0.2, 0) is 23.5 Å². The molecular weight excluding hydrogens is 808 g/mol. The molecule has 0 spiro atoms. The molecule has 8 heteroatoms. The molecule has 238 valence electrons. The van der Waals surface area contributed by atoms with Gasteiger partial charge in [-0.25, -0.2) is 9.98 Å². The van der Waals surface area contributed by atoms with E-state index in [0.29, 0.717) is 0 Å². The van der Waals surface area contributed by atoms with Crippen molar-refractivity contribution < 1.29 is 0 Å². The van der Waals surface area contributed by atoms with Crippen molar-refractivity contribution in [1.29, 1.82) is 0 Å². The molecule has 4 rings (SSSR count). The van der Waals surface area contributed by atoms with E-state index >= 15 is 0 Å². The van der Waals surface area contributed by atoms with Gasteiger partial charge in [0, 0.05) is 33.4 Å². The Labute approximate surface area is 298 Å². The first-order valence-corrected chi connectivity index (χ1v) is 19.8. The molecular formula is C36H46Br4N4. The van der Waals surface area contributed by atoms with Crippen LogP contribution in [0, 0.1) is 13.8 Å². The summed E-state index contributed by atoms with van der Waals surface area (Å²) in [5, 5.41) is 1.70. The zero-order chi connectivity index (χ0) is 32.0. The zero-order valence-electron chi connectivity index (χ0n) is 27.0. The van der Waals surface area contributed by atoms with Crippen molar-refractivity contribution in [3.8, 4) is 0 Å². The van der Waals surface area contributed by atoms with Crippen LogP contribution >= 0.6 is 63.7 Å². The van der Waals surface area contributed by atoms with E-state index in [1.807, 2.05) is 0 Å². The SMILES string of the molecule is CCC1=C(C)C(Br)=N/C1=C\c1[nH]c(CBr)c(CCCCCCCCc2c(CBr)[nH]c(/C=C3\N=C(Br)C(C)=C3CC)c2C)c1C. The standard InChI is InChI=1S/C36H46Br4N4/c1-7-25-23(5)35(39)43-31(25)17-29-21(3)27(33(19-37)41-29)15-13-11-9-10-12-14-16-28-22(4)30(42-34(28)20-38)18-32-26(8-2)24(6)36(40)44-32/h17-18,41-42H,7-16,19-20H2,1-6H3/b31-17-,32-18-. The molecule has 0 saturated carbocycles. The maximum absolute atomic E-state index is 4.77. The second-order valence-corrected chi connectivity index (χ2v) is 14.5. The number of aromatic amines is 2. The molecule has 2 N–H and O–H groups in total. The summed E-state index contributed by atoms with van der Waals surface area (Å²) in [6, 6.07) is 0. The van der Waals surface area contributed by atoms with Gasteiger partial charge in [-0.1, -0.05) is 71.4 Å². The van der Waals surface area contributed by atoms with Gasteiger partial charge in [0.15, 0.2) is 0 Å². The summed E-state index contributed by atoms with van der Waals surface area (Å²) in [6.07, 6.45) is 16.3. The van der Waals surface area contributed by atoms with Gasteiger partial charge in [-0.05, 0) is 155 Å². The van der Waals surface area contributed by atoms with E-state index in [2.05, 4.69) is 127 Å². The van der Waals surface area contributed by atoms with Gasteiger partial charge >= 0.3 is 0 Å². The Morgan fingerprint density at radius 1 is 0.591 bits per heavy atom. The van der Waals surface area contributed by atoms with Crippen molar-refractivity contribution >= 4 is 85.1 Å². The number of nitrogens with zero attached hydrogens (tertiary/aromatic N) is 2. The number of aromatic nitrogens is 2. The van der Waals surface area contributed by atoms with E-state index in [0.717, 1.165) is 57.0 Å². The van der Waals surface area contributed by atoms with Crippen LogP contribution in [0.1, 0.15) is 124 Å². The van der Waals surface area contributed by atoms with Crippen LogP contribution in [0.2, 0.25) is 0 Å². The van der Waals surface area contributed by atoms with Crippen LogP contribution in [0.15, 0.2) is 43.7 Å². The third-order valence-corrected chi connectivity index (χ3v) is 11.9. The number of hydrogen-bond donors (Lipinski definition) is 2. The van der Waals surface area contributed by atoms with E-state index in [-0.39, 0.29) is 0 Å². The molecule has 0 radical (unpaired) electrons. The largest absolute Gasteiger partial charge is 0.358 e. The molecule has 0 amide bonds. The average molecular weight is 854 g/mol. The summed E-state index contributed by atoms with van der Waals surface area (Å²) in [6.45, 7) is 13.2. The first-order valence-electron chi connectivity index (χ1n) is 16.0. The Morgan fingerprint density at radius 3 is 1.30 bits per heavy atom. The number of nitrogens with one attached hydrogen (secondary N) is 2. The van der Waals surface area contributed by atoms with Crippen LogP contribution in [0.5, 0.6) is 0 Å². The molecule has 0 saturated heterocycles. The highest BCUT2D eigenvalue weighted by Crippen LogP contribution is 2.34. The Balaban J connectivity index is 1.27. The number of halogens is 4. The fraction of sp³-hybridized carbons (Fsp3) is 0.500. The maximum Gasteiger partial charge on any atom is 0.110 e. The van der Waals surface area contributed by atoms with Crippen LogP contribution in [-0.4, -0.2) is 19.2 Å². The number of aliphatic imine (C=N–C) groups is 2. The summed E-state index contributed by atoms with van der Waals surface area (Å²) in [5.74, 6) is 0. The molecule has 0 atom stereocenters. The lowest BCUT2D eigenvalue weighted by molar-refractivity contribution is 0.592. The topological polar surface area (TPSA) is 56.3 Å². The van der Waals surface area contributed by atoms with Crippen LogP contribution in [0.25, 0.3) is 12.2 Å². The van der Waals surface area contributed by atoms with Crippen molar-refractivity contribution in [2.75, 3.05) is 0 Å². The molecule has 0 aromatic carbocycles. The van der Waals surface area contributed by atoms with E-state index < -0.39 is 0 Å². The molecule has 4 heterocycles. The second-order valence-electron chi connectivity index (χ2n) is 11.9. The molecule has 2 aliphatic rings. The lowest BCUT2D eigenvalue weighted by atomic mass is 9.99.